The minimum absolute atomic E-state index is 0.217. The van der Waals surface area contributed by atoms with Crippen LogP contribution in [0.25, 0.3) is 0 Å². The Labute approximate surface area is 72.1 Å². The number of nitrogens with one attached hydrogen (secondary N) is 1. The molecule has 68 valence electrons. The standard InChI is InChI=1S/C8H15N3O/c9-7(12)11-6-5-8(10-11)3-1-2-4-8/h10H,1-6H2,(H2,9,12). The van der Waals surface area contributed by atoms with Gasteiger partial charge in [0.1, 0.15) is 0 Å². The van der Waals surface area contributed by atoms with E-state index in [9.17, 15) is 4.79 Å². The van der Waals surface area contributed by atoms with Crippen LogP contribution < -0.4 is 11.2 Å². The molecule has 3 N–H and O–H groups in total. The van der Waals surface area contributed by atoms with E-state index in [1.807, 2.05) is 0 Å². The molecule has 2 amide bonds. The van der Waals surface area contributed by atoms with Crippen LogP contribution in [0.5, 0.6) is 0 Å². The third kappa shape index (κ3) is 1.16. The van der Waals surface area contributed by atoms with Crippen molar-refractivity contribution in [3.05, 3.63) is 0 Å². The van der Waals surface area contributed by atoms with Gasteiger partial charge in [-0.05, 0) is 19.3 Å². The van der Waals surface area contributed by atoms with Crippen LogP contribution in [0, 0.1) is 0 Å². The third-order valence-corrected chi connectivity index (χ3v) is 3.01. The lowest BCUT2D eigenvalue weighted by Gasteiger charge is -2.24. The van der Waals surface area contributed by atoms with Crippen molar-refractivity contribution in [2.45, 2.75) is 37.6 Å². The molecule has 1 spiro atoms. The Morgan fingerprint density at radius 1 is 1.33 bits per heavy atom. The van der Waals surface area contributed by atoms with Gasteiger partial charge in [0.2, 0.25) is 0 Å². The van der Waals surface area contributed by atoms with Gasteiger partial charge in [-0.2, -0.15) is 0 Å². The molecular weight excluding hydrogens is 154 g/mol. The molecule has 4 heteroatoms. The number of carbonyl (C=O) groups excluding carboxylic acids is 1. The van der Waals surface area contributed by atoms with Crippen LogP contribution in [-0.4, -0.2) is 23.1 Å². The van der Waals surface area contributed by atoms with Gasteiger partial charge in [-0.15, -0.1) is 0 Å². The smallest absolute Gasteiger partial charge is 0.329 e. The SMILES string of the molecule is NC(=O)N1CCC2(CCCC2)N1. The lowest BCUT2D eigenvalue weighted by molar-refractivity contribution is 0.183. The number of carbonyl (C=O) groups is 1. The van der Waals surface area contributed by atoms with Crippen LogP contribution in [-0.2, 0) is 0 Å². The highest BCUT2D eigenvalue weighted by Gasteiger charge is 2.40. The molecule has 0 aromatic carbocycles. The van der Waals surface area contributed by atoms with Gasteiger partial charge in [-0.1, -0.05) is 12.8 Å². The third-order valence-electron chi connectivity index (χ3n) is 3.01. The Morgan fingerprint density at radius 3 is 2.50 bits per heavy atom. The van der Waals surface area contributed by atoms with E-state index in [-0.39, 0.29) is 11.6 Å². The van der Waals surface area contributed by atoms with E-state index in [1.54, 1.807) is 5.01 Å². The summed E-state index contributed by atoms with van der Waals surface area (Å²) < 4.78 is 0. The summed E-state index contributed by atoms with van der Waals surface area (Å²) in [6, 6.07) is -0.348. The maximum absolute atomic E-state index is 10.8. The highest BCUT2D eigenvalue weighted by atomic mass is 16.2. The predicted octanol–water partition coefficient (Wildman–Crippen LogP) is 0.588. The number of amides is 2. The van der Waals surface area contributed by atoms with Gasteiger partial charge < -0.3 is 5.73 Å². The largest absolute Gasteiger partial charge is 0.350 e. The Hall–Kier alpha value is -0.770. The van der Waals surface area contributed by atoms with Crippen LogP contribution in [0.4, 0.5) is 4.79 Å². The summed E-state index contributed by atoms with van der Waals surface area (Å²) in [7, 11) is 0. The Kier molecular flexibility index (Phi) is 1.72. The van der Waals surface area contributed by atoms with E-state index in [2.05, 4.69) is 5.43 Å². The molecule has 2 aliphatic rings. The molecule has 1 aliphatic carbocycles. The maximum atomic E-state index is 10.8. The first kappa shape index (κ1) is 7.86. The lowest BCUT2D eigenvalue weighted by Crippen LogP contribution is -2.48. The number of hydrogen-bond donors (Lipinski definition) is 2. The van der Waals surface area contributed by atoms with Crippen molar-refractivity contribution in [1.82, 2.24) is 10.4 Å². The van der Waals surface area contributed by atoms with Crippen LogP contribution in [0.15, 0.2) is 0 Å². The summed E-state index contributed by atoms with van der Waals surface area (Å²) in [5, 5.41) is 1.55. The normalized spacial score (nSPS) is 26.8. The number of nitrogens with zero attached hydrogens (tertiary/aromatic N) is 1. The molecule has 0 unspecified atom stereocenters. The first-order valence-electron chi connectivity index (χ1n) is 4.57. The van der Waals surface area contributed by atoms with Gasteiger partial charge in [0, 0.05) is 12.1 Å². The number of rotatable bonds is 0. The van der Waals surface area contributed by atoms with Gasteiger partial charge in [-0.25, -0.2) is 10.2 Å². The van der Waals surface area contributed by atoms with E-state index in [4.69, 9.17) is 5.73 Å². The number of nitrogens with two attached hydrogens (primary N) is 1. The van der Waals surface area contributed by atoms with Gasteiger partial charge >= 0.3 is 6.03 Å². The summed E-state index contributed by atoms with van der Waals surface area (Å²) in [5.74, 6) is 0. The maximum Gasteiger partial charge on any atom is 0.329 e. The molecule has 1 saturated heterocycles. The number of hydrogen-bond acceptors (Lipinski definition) is 2. The highest BCUT2D eigenvalue weighted by Crippen LogP contribution is 2.35. The Morgan fingerprint density at radius 2 is 2.00 bits per heavy atom. The first-order chi connectivity index (χ1) is 5.72. The lowest BCUT2D eigenvalue weighted by atomic mass is 9.96. The summed E-state index contributed by atoms with van der Waals surface area (Å²) in [4.78, 5) is 10.8. The average molecular weight is 169 g/mol. The zero-order valence-corrected chi connectivity index (χ0v) is 7.18. The molecule has 2 fully saturated rings. The molecule has 1 saturated carbocycles. The van der Waals surface area contributed by atoms with Crippen molar-refractivity contribution in [3.63, 3.8) is 0 Å². The van der Waals surface area contributed by atoms with Crippen molar-refractivity contribution < 1.29 is 4.79 Å². The van der Waals surface area contributed by atoms with Crippen molar-refractivity contribution in [2.24, 2.45) is 5.73 Å². The van der Waals surface area contributed by atoms with E-state index in [1.165, 1.54) is 25.7 Å². The van der Waals surface area contributed by atoms with Gasteiger partial charge in [0.25, 0.3) is 0 Å². The van der Waals surface area contributed by atoms with E-state index < -0.39 is 0 Å². The second kappa shape index (κ2) is 2.62. The fourth-order valence-electron chi connectivity index (χ4n) is 2.30. The van der Waals surface area contributed by atoms with Crippen molar-refractivity contribution >= 4 is 6.03 Å². The minimum Gasteiger partial charge on any atom is -0.350 e. The van der Waals surface area contributed by atoms with Crippen molar-refractivity contribution in [3.8, 4) is 0 Å². The summed E-state index contributed by atoms with van der Waals surface area (Å²) in [5.41, 5.74) is 8.61. The average Bonchev–Trinajstić information content (AvgIpc) is 2.62. The molecule has 12 heavy (non-hydrogen) atoms. The van der Waals surface area contributed by atoms with Crippen molar-refractivity contribution in [1.29, 1.82) is 0 Å². The molecule has 0 atom stereocenters. The predicted molar refractivity (Wildman–Crippen MR) is 45.2 cm³/mol. The Balaban J connectivity index is 2.01. The molecule has 2 rings (SSSR count). The van der Waals surface area contributed by atoms with Gasteiger partial charge in [0.15, 0.2) is 0 Å². The first-order valence-corrected chi connectivity index (χ1v) is 4.57. The zero-order chi connectivity index (χ0) is 8.60. The second-order valence-electron chi connectivity index (χ2n) is 3.84. The Bertz CT molecular complexity index is 198. The summed E-state index contributed by atoms with van der Waals surface area (Å²) >= 11 is 0. The summed E-state index contributed by atoms with van der Waals surface area (Å²) in [6.07, 6.45) is 6.00. The molecule has 4 nitrogen and oxygen atoms in total. The number of hydrazine groups is 1. The van der Waals surface area contributed by atoms with E-state index in [0.717, 1.165) is 13.0 Å². The molecule has 1 aliphatic heterocycles. The fraction of sp³-hybridized carbons (Fsp3) is 0.875. The molecule has 0 radical (unpaired) electrons. The molecule has 0 bridgehead atoms. The fourth-order valence-corrected chi connectivity index (χ4v) is 2.30. The number of primary amides is 1. The minimum atomic E-state index is -0.348. The molecule has 1 heterocycles. The molecular formula is C8H15N3O. The van der Waals surface area contributed by atoms with Crippen LogP contribution in [0.2, 0.25) is 0 Å². The van der Waals surface area contributed by atoms with Crippen LogP contribution in [0.3, 0.4) is 0 Å². The van der Waals surface area contributed by atoms with Crippen LogP contribution >= 0.6 is 0 Å². The van der Waals surface area contributed by atoms with E-state index in [0.29, 0.717) is 0 Å². The molecule has 0 aromatic rings. The van der Waals surface area contributed by atoms with Gasteiger partial charge in [-0.3, -0.25) is 5.01 Å². The topological polar surface area (TPSA) is 58.4 Å². The van der Waals surface area contributed by atoms with Crippen molar-refractivity contribution in [2.75, 3.05) is 6.54 Å². The number of urea groups is 1. The summed E-state index contributed by atoms with van der Waals surface area (Å²) in [6.45, 7) is 0.773. The quantitative estimate of drug-likeness (QED) is 0.557. The zero-order valence-electron chi connectivity index (χ0n) is 7.18. The highest BCUT2D eigenvalue weighted by molar-refractivity contribution is 5.71. The monoisotopic (exact) mass is 169 g/mol. The van der Waals surface area contributed by atoms with Crippen LogP contribution in [0.1, 0.15) is 32.1 Å². The van der Waals surface area contributed by atoms with Gasteiger partial charge in [0.05, 0.1) is 0 Å². The van der Waals surface area contributed by atoms with E-state index >= 15 is 0 Å². The molecule has 0 aromatic heterocycles. The second-order valence-corrected chi connectivity index (χ2v) is 3.84.